The maximum absolute atomic E-state index is 13.3. The molecule has 0 radical (unpaired) electrons. The van der Waals surface area contributed by atoms with Gasteiger partial charge in [-0.05, 0) is 43.0 Å². The number of cyclic esters (lactones) is 1. The van der Waals surface area contributed by atoms with Crippen LogP contribution in [0.2, 0.25) is 5.02 Å². The van der Waals surface area contributed by atoms with Gasteiger partial charge < -0.3 is 9.64 Å². The highest BCUT2D eigenvalue weighted by Crippen LogP contribution is 2.42. The van der Waals surface area contributed by atoms with Crippen LogP contribution in [-0.2, 0) is 9.53 Å². The molecule has 3 heterocycles. The maximum Gasteiger partial charge on any atom is 0.410 e. The standard InChI is InChI=1S/C32H30ClN3O3S/c1-21-7-9-24(10-8-21)30-29(23-11-13-26(33)14-12-23)34-31(40-30)25-15-17-35(18-16-25)28(37)19-36-27(20-39-32(36)38)22-5-3-2-4-6-22/h2-14,25,27H,15-20H2,1H3. The molecule has 40 heavy (non-hydrogen) atoms. The van der Waals surface area contributed by atoms with Crippen LogP contribution in [-0.4, -0.2) is 53.0 Å². The molecular formula is C32H30ClN3O3S. The zero-order valence-electron chi connectivity index (χ0n) is 22.3. The van der Waals surface area contributed by atoms with E-state index in [1.54, 1.807) is 16.2 Å². The summed E-state index contributed by atoms with van der Waals surface area (Å²) >= 11 is 7.90. The monoisotopic (exact) mass is 571 g/mol. The van der Waals surface area contributed by atoms with Gasteiger partial charge in [0.1, 0.15) is 13.2 Å². The molecule has 3 aromatic carbocycles. The normalized spacial score (nSPS) is 17.8. The van der Waals surface area contributed by atoms with Crippen molar-refractivity contribution in [2.75, 3.05) is 26.2 Å². The predicted molar refractivity (Wildman–Crippen MR) is 159 cm³/mol. The highest BCUT2D eigenvalue weighted by molar-refractivity contribution is 7.15. The average molecular weight is 572 g/mol. The second kappa shape index (κ2) is 11.4. The van der Waals surface area contributed by atoms with Gasteiger partial charge in [0.15, 0.2) is 0 Å². The van der Waals surface area contributed by atoms with Crippen LogP contribution in [0.15, 0.2) is 78.9 Å². The number of amides is 2. The third-order valence-electron chi connectivity index (χ3n) is 7.74. The number of carbonyl (C=O) groups excluding carboxylic acids is 2. The zero-order valence-corrected chi connectivity index (χ0v) is 23.8. The Hall–Kier alpha value is -3.68. The lowest BCUT2D eigenvalue weighted by atomic mass is 9.97. The largest absolute Gasteiger partial charge is 0.447 e. The van der Waals surface area contributed by atoms with Crippen molar-refractivity contribution in [1.82, 2.24) is 14.8 Å². The number of aromatic nitrogens is 1. The first-order chi connectivity index (χ1) is 19.5. The van der Waals surface area contributed by atoms with Crippen LogP contribution < -0.4 is 0 Å². The number of nitrogens with zero attached hydrogens (tertiary/aromatic N) is 3. The van der Waals surface area contributed by atoms with Crippen LogP contribution in [0.4, 0.5) is 4.79 Å². The predicted octanol–water partition coefficient (Wildman–Crippen LogP) is 7.34. The molecule has 0 bridgehead atoms. The number of aryl methyl sites for hydroxylation is 1. The molecule has 2 amide bonds. The molecule has 1 unspecified atom stereocenters. The van der Waals surface area contributed by atoms with Crippen molar-refractivity contribution in [3.05, 3.63) is 100 Å². The van der Waals surface area contributed by atoms with Gasteiger partial charge in [-0.1, -0.05) is 83.9 Å². The van der Waals surface area contributed by atoms with Crippen molar-refractivity contribution in [3.63, 3.8) is 0 Å². The highest BCUT2D eigenvalue weighted by atomic mass is 35.5. The number of benzene rings is 3. The molecule has 1 aromatic heterocycles. The van der Waals surface area contributed by atoms with Crippen LogP contribution in [0.1, 0.15) is 40.9 Å². The minimum atomic E-state index is -0.432. The number of likely N-dealkylation sites (tertiary alicyclic amines) is 1. The summed E-state index contributed by atoms with van der Waals surface area (Å²) in [7, 11) is 0. The van der Waals surface area contributed by atoms with Crippen LogP contribution in [0.5, 0.6) is 0 Å². The summed E-state index contributed by atoms with van der Waals surface area (Å²) in [5.74, 6) is 0.229. The summed E-state index contributed by atoms with van der Waals surface area (Å²) in [6, 6.07) is 25.9. The summed E-state index contributed by atoms with van der Waals surface area (Å²) < 4.78 is 5.30. The van der Waals surface area contributed by atoms with E-state index in [2.05, 4.69) is 31.2 Å². The molecule has 204 valence electrons. The van der Waals surface area contributed by atoms with Crippen molar-refractivity contribution < 1.29 is 14.3 Å². The van der Waals surface area contributed by atoms with Crippen LogP contribution in [0.25, 0.3) is 21.7 Å². The molecule has 1 atom stereocenters. The second-order valence-electron chi connectivity index (χ2n) is 10.4. The van der Waals surface area contributed by atoms with E-state index in [-0.39, 0.29) is 31.0 Å². The molecule has 0 aliphatic carbocycles. The summed E-state index contributed by atoms with van der Waals surface area (Å²) in [5, 5.41) is 1.80. The number of halogens is 1. The molecule has 2 aliphatic heterocycles. The molecule has 6 nitrogen and oxygen atoms in total. The fourth-order valence-corrected chi connectivity index (χ4v) is 6.80. The summed E-state index contributed by atoms with van der Waals surface area (Å²) in [6.07, 6.45) is 1.23. The average Bonchev–Trinajstić information content (AvgIpc) is 3.59. The van der Waals surface area contributed by atoms with Crippen LogP contribution >= 0.6 is 22.9 Å². The molecule has 4 aromatic rings. The number of ether oxygens (including phenoxy) is 1. The Bertz CT molecular complexity index is 1430. The summed E-state index contributed by atoms with van der Waals surface area (Å²) in [6.45, 7) is 3.65. The number of thiazole rings is 1. The lowest BCUT2D eigenvalue weighted by molar-refractivity contribution is -0.133. The first kappa shape index (κ1) is 26.5. The smallest absolute Gasteiger partial charge is 0.410 e. The number of rotatable bonds is 6. The fraction of sp³-hybridized carbons (Fsp3) is 0.281. The Balaban J connectivity index is 1.16. The van der Waals surface area contributed by atoms with Crippen molar-refractivity contribution in [2.45, 2.75) is 31.7 Å². The minimum Gasteiger partial charge on any atom is -0.447 e. The zero-order chi connectivity index (χ0) is 27.6. The van der Waals surface area contributed by atoms with Gasteiger partial charge in [-0.15, -0.1) is 11.3 Å². The molecule has 0 N–H and O–H groups in total. The van der Waals surface area contributed by atoms with E-state index in [1.807, 2.05) is 59.5 Å². The van der Waals surface area contributed by atoms with Crippen molar-refractivity contribution in [1.29, 1.82) is 0 Å². The molecule has 8 heteroatoms. The third-order valence-corrected chi connectivity index (χ3v) is 9.26. The first-order valence-electron chi connectivity index (χ1n) is 13.6. The van der Waals surface area contributed by atoms with E-state index >= 15 is 0 Å². The van der Waals surface area contributed by atoms with E-state index < -0.39 is 6.09 Å². The molecule has 6 rings (SSSR count). The van der Waals surface area contributed by atoms with Gasteiger partial charge in [-0.25, -0.2) is 9.78 Å². The van der Waals surface area contributed by atoms with Gasteiger partial charge in [0.2, 0.25) is 5.91 Å². The lowest BCUT2D eigenvalue weighted by Crippen LogP contribution is -2.44. The van der Waals surface area contributed by atoms with Gasteiger partial charge in [0, 0.05) is 29.6 Å². The topological polar surface area (TPSA) is 62.7 Å². The minimum absolute atomic E-state index is 0.0264. The van der Waals surface area contributed by atoms with Crippen LogP contribution in [0.3, 0.4) is 0 Å². The van der Waals surface area contributed by atoms with E-state index in [4.69, 9.17) is 21.3 Å². The van der Waals surface area contributed by atoms with E-state index in [0.717, 1.165) is 45.1 Å². The Morgan fingerprint density at radius 3 is 2.35 bits per heavy atom. The summed E-state index contributed by atoms with van der Waals surface area (Å²) in [4.78, 5) is 35.4. The highest BCUT2D eigenvalue weighted by Gasteiger charge is 2.37. The number of hydrogen-bond acceptors (Lipinski definition) is 5. The molecule has 2 aliphatic rings. The van der Waals surface area contributed by atoms with Crippen molar-refractivity contribution in [2.24, 2.45) is 0 Å². The third kappa shape index (κ3) is 5.49. The molecular weight excluding hydrogens is 542 g/mol. The van der Waals surface area contributed by atoms with E-state index in [0.29, 0.717) is 18.1 Å². The van der Waals surface area contributed by atoms with Gasteiger partial charge in [-0.2, -0.15) is 0 Å². The van der Waals surface area contributed by atoms with Gasteiger partial charge in [0.05, 0.1) is 21.6 Å². The number of piperidine rings is 1. The molecule has 0 saturated carbocycles. The quantitative estimate of drug-likeness (QED) is 0.243. The Morgan fingerprint density at radius 2 is 1.65 bits per heavy atom. The Kier molecular flexibility index (Phi) is 7.59. The van der Waals surface area contributed by atoms with Gasteiger partial charge in [0.25, 0.3) is 0 Å². The number of carbonyl (C=O) groups is 2. The molecule has 2 fully saturated rings. The Morgan fingerprint density at radius 1 is 0.975 bits per heavy atom. The van der Waals surface area contributed by atoms with Crippen LogP contribution in [0, 0.1) is 6.92 Å². The maximum atomic E-state index is 13.3. The van der Waals surface area contributed by atoms with Gasteiger partial charge in [-0.3, -0.25) is 9.69 Å². The van der Waals surface area contributed by atoms with Gasteiger partial charge >= 0.3 is 6.09 Å². The SMILES string of the molecule is Cc1ccc(-c2sc(C3CCN(C(=O)CN4C(=O)OCC4c4ccccc4)CC3)nc2-c2ccc(Cl)cc2)cc1. The Labute approximate surface area is 243 Å². The lowest BCUT2D eigenvalue weighted by Gasteiger charge is -2.32. The molecule has 0 spiro atoms. The number of hydrogen-bond donors (Lipinski definition) is 0. The second-order valence-corrected chi connectivity index (χ2v) is 11.9. The van der Waals surface area contributed by atoms with E-state index in [1.165, 1.54) is 5.56 Å². The first-order valence-corrected chi connectivity index (χ1v) is 14.8. The van der Waals surface area contributed by atoms with Crippen molar-refractivity contribution in [3.8, 4) is 21.7 Å². The summed E-state index contributed by atoms with van der Waals surface area (Å²) in [5.41, 5.74) is 5.36. The fourth-order valence-electron chi connectivity index (χ4n) is 5.41. The van der Waals surface area contributed by atoms with E-state index in [9.17, 15) is 9.59 Å². The molecule has 2 saturated heterocycles. The van der Waals surface area contributed by atoms with Crippen molar-refractivity contribution >= 4 is 34.9 Å².